The van der Waals surface area contributed by atoms with Crippen molar-refractivity contribution in [1.29, 1.82) is 0 Å². The van der Waals surface area contributed by atoms with Crippen LogP contribution in [0.4, 0.5) is 0 Å². The monoisotopic (exact) mass is 218 g/mol. The van der Waals surface area contributed by atoms with Crippen LogP contribution in [-0.2, 0) is 14.2 Å². The van der Waals surface area contributed by atoms with Crippen molar-refractivity contribution in [2.24, 2.45) is 5.92 Å². The van der Waals surface area contributed by atoms with Gasteiger partial charge in [0, 0.05) is 7.11 Å². The highest BCUT2D eigenvalue weighted by Crippen LogP contribution is 2.24. The summed E-state index contributed by atoms with van der Waals surface area (Å²) in [6, 6.07) is 0. The Labute approximate surface area is 91.5 Å². The lowest BCUT2D eigenvalue weighted by Crippen LogP contribution is -2.35. The Morgan fingerprint density at radius 2 is 2.07 bits per heavy atom. The van der Waals surface area contributed by atoms with Gasteiger partial charge in [0.1, 0.15) is 6.10 Å². The van der Waals surface area contributed by atoms with E-state index in [1.807, 2.05) is 0 Å². The number of methoxy groups -OCH3 is 1. The van der Waals surface area contributed by atoms with E-state index in [0.29, 0.717) is 12.5 Å². The second-order valence-corrected chi connectivity index (χ2v) is 4.27. The van der Waals surface area contributed by atoms with Crippen molar-refractivity contribution in [1.82, 2.24) is 0 Å². The summed E-state index contributed by atoms with van der Waals surface area (Å²) in [4.78, 5) is 0. The molecule has 1 aliphatic rings. The minimum absolute atomic E-state index is 0.164. The number of ether oxygens (including phenoxy) is 3. The van der Waals surface area contributed by atoms with E-state index in [-0.39, 0.29) is 19.0 Å². The van der Waals surface area contributed by atoms with Crippen LogP contribution < -0.4 is 0 Å². The van der Waals surface area contributed by atoms with E-state index < -0.39 is 6.10 Å². The van der Waals surface area contributed by atoms with E-state index in [1.165, 1.54) is 0 Å². The maximum atomic E-state index is 9.39. The van der Waals surface area contributed by atoms with E-state index >= 15 is 0 Å². The van der Waals surface area contributed by atoms with Crippen LogP contribution in [0.2, 0.25) is 0 Å². The zero-order valence-electron chi connectivity index (χ0n) is 9.81. The van der Waals surface area contributed by atoms with Crippen molar-refractivity contribution in [3.8, 4) is 0 Å². The van der Waals surface area contributed by atoms with Gasteiger partial charge >= 0.3 is 0 Å². The third kappa shape index (κ3) is 4.47. The first-order valence-electron chi connectivity index (χ1n) is 5.57. The predicted octanol–water partition coefficient (Wildman–Crippen LogP) is 1.17. The van der Waals surface area contributed by atoms with Crippen molar-refractivity contribution < 1.29 is 19.3 Å². The van der Waals surface area contributed by atoms with Crippen molar-refractivity contribution in [3.05, 3.63) is 0 Å². The molecule has 4 heteroatoms. The van der Waals surface area contributed by atoms with Crippen LogP contribution in [0.25, 0.3) is 0 Å². The SMILES string of the molecule is COCC(O)COC1CCC(C)C(C)O1. The molecule has 0 aromatic heterocycles. The second-order valence-electron chi connectivity index (χ2n) is 4.27. The first-order valence-corrected chi connectivity index (χ1v) is 5.57. The third-order valence-electron chi connectivity index (χ3n) is 2.86. The van der Waals surface area contributed by atoms with Crippen LogP contribution in [0.3, 0.4) is 0 Å². The van der Waals surface area contributed by atoms with Gasteiger partial charge in [-0.1, -0.05) is 6.92 Å². The number of hydrogen-bond acceptors (Lipinski definition) is 4. The van der Waals surface area contributed by atoms with Crippen LogP contribution in [0.15, 0.2) is 0 Å². The summed E-state index contributed by atoms with van der Waals surface area (Å²) in [6.07, 6.45) is 1.54. The first-order chi connectivity index (χ1) is 7.13. The van der Waals surface area contributed by atoms with E-state index in [2.05, 4.69) is 13.8 Å². The van der Waals surface area contributed by atoms with Gasteiger partial charge < -0.3 is 19.3 Å². The fraction of sp³-hybridized carbons (Fsp3) is 1.00. The molecule has 1 aliphatic heterocycles. The summed E-state index contributed by atoms with van der Waals surface area (Å²) in [7, 11) is 1.56. The lowest BCUT2D eigenvalue weighted by Gasteiger charge is -2.32. The van der Waals surface area contributed by atoms with Crippen molar-refractivity contribution in [3.63, 3.8) is 0 Å². The van der Waals surface area contributed by atoms with Crippen molar-refractivity contribution in [2.45, 2.75) is 45.2 Å². The fourth-order valence-electron chi connectivity index (χ4n) is 1.66. The lowest BCUT2D eigenvalue weighted by atomic mass is 9.97. The van der Waals surface area contributed by atoms with Gasteiger partial charge in [-0.3, -0.25) is 0 Å². The zero-order valence-corrected chi connectivity index (χ0v) is 9.81. The third-order valence-corrected chi connectivity index (χ3v) is 2.86. The molecule has 0 aliphatic carbocycles. The molecule has 0 amide bonds. The zero-order chi connectivity index (χ0) is 11.3. The molecule has 1 N–H and O–H groups in total. The molecule has 4 atom stereocenters. The Bertz CT molecular complexity index is 174. The van der Waals surface area contributed by atoms with E-state index in [1.54, 1.807) is 7.11 Å². The van der Waals surface area contributed by atoms with Gasteiger partial charge in [-0.25, -0.2) is 0 Å². The molecule has 15 heavy (non-hydrogen) atoms. The quantitative estimate of drug-likeness (QED) is 0.752. The summed E-state index contributed by atoms with van der Waals surface area (Å²) in [5.74, 6) is 0.591. The molecule has 1 saturated heterocycles. The summed E-state index contributed by atoms with van der Waals surface area (Å²) >= 11 is 0. The molecule has 1 rings (SSSR count). The standard InChI is InChI=1S/C11H22O4/c1-8-4-5-11(15-9(8)2)14-7-10(12)6-13-3/h8-12H,4-7H2,1-3H3. The molecule has 0 aromatic carbocycles. The average Bonchev–Trinajstić information content (AvgIpc) is 2.20. The normalized spacial score (nSPS) is 34.0. The van der Waals surface area contributed by atoms with Crippen LogP contribution >= 0.6 is 0 Å². The molecule has 0 aromatic rings. The summed E-state index contributed by atoms with van der Waals surface area (Å²) in [5.41, 5.74) is 0. The highest BCUT2D eigenvalue weighted by Gasteiger charge is 2.25. The maximum absolute atomic E-state index is 9.39. The Hall–Kier alpha value is -0.160. The number of aliphatic hydroxyl groups is 1. The van der Waals surface area contributed by atoms with Crippen molar-refractivity contribution >= 4 is 0 Å². The van der Waals surface area contributed by atoms with Gasteiger partial charge in [-0.2, -0.15) is 0 Å². The van der Waals surface area contributed by atoms with Crippen LogP contribution in [0.1, 0.15) is 26.7 Å². The molecule has 0 spiro atoms. The minimum atomic E-state index is -0.562. The first kappa shape index (κ1) is 12.9. The number of hydrogen-bond donors (Lipinski definition) is 1. The van der Waals surface area contributed by atoms with Gasteiger partial charge in [0.25, 0.3) is 0 Å². The maximum Gasteiger partial charge on any atom is 0.158 e. The summed E-state index contributed by atoms with van der Waals surface area (Å²) in [5, 5.41) is 9.39. The average molecular weight is 218 g/mol. The Morgan fingerprint density at radius 1 is 1.33 bits per heavy atom. The van der Waals surface area contributed by atoms with Crippen LogP contribution in [0, 0.1) is 5.92 Å². The van der Waals surface area contributed by atoms with E-state index in [0.717, 1.165) is 12.8 Å². The topological polar surface area (TPSA) is 47.9 Å². The van der Waals surface area contributed by atoms with Gasteiger partial charge in [0.05, 0.1) is 19.3 Å². The number of aliphatic hydroxyl groups excluding tert-OH is 1. The molecule has 1 heterocycles. The molecule has 0 radical (unpaired) electrons. The molecular formula is C11H22O4. The summed E-state index contributed by atoms with van der Waals surface area (Å²) < 4.78 is 15.9. The Morgan fingerprint density at radius 3 is 2.67 bits per heavy atom. The van der Waals surface area contributed by atoms with Crippen molar-refractivity contribution in [2.75, 3.05) is 20.3 Å². The smallest absolute Gasteiger partial charge is 0.158 e. The minimum Gasteiger partial charge on any atom is -0.388 e. The Kier molecular flexibility index (Phi) is 5.53. The summed E-state index contributed by atoms with van der Waals surface area (Å²) in [6.45, 7) is 4.82. The van der Waals surface area contributed by atoms with Gasteiger partial charge in [-0.15, -0.1) is 0 Å². The highest BCUT2D eigenvalue weighted by atomic mass is 16.7. The molecule has 0 saturated carbocycles. The molecule has 4 nitrogen and oxygen atoms in total. The molecule has 1 fully saturated rings. The largest absolute Gasteiger partial charge is 0.388 e. The number of rotatable bonds is 5. The molecular weight excluding hydrogens is 196 g/mol. The van der Waals surface area contributed by atoms with E-state index in [9.17, 15) is 5.11 Å². The second kappa shape index (κ2) is 6.43. The predicted molar refractivity (Wildman–Crippen MR) is 56.6 cm³/mol. The van der Waals surface area contributed by atoms with E-state index in [4.69, 9.17) is 14.2 Å². The van der Waals surface area contributed by atoms with Gasteiger partial charge in [0.15, 0.2) is 6.29 Å². The van der Waals surface area contributed by atoms with Gasteiger partial charge in [-0.05, 0) is 25.7 Å². The van der Waals surface area contributed by atoms with Crippen LogP contribution in [0.5, 0.6) is 0 Å². The van der Waals surface area contributed by atoms with Crippen LogP contribution in [-0.4, -0.2) is 43.9 Å². The Balaban J connectivity index is 2.16. The molecule has 0 bridgehead atoms. The molecule has 4 unspecified atom stereocenters. The fourth-order valence-corrected chi connectivity index (χ4v) is 1.66. The van der Waals surface area contributed by atoms with Gasteiger partial charge in [0.2, 0.25) is 0 Å². The molecule has 90 valence electrons. The highest BCUT2D eigenvalue weighted by molar-refractivity contribution is 4.69. The lowest BCUT2D eigenvalue weighted by molar-refractivity contribution is -0.213.